The second kappa shape index (κ2) is 10.1. The van der Waals surface area contributed by atoms with Gasteiger partial charge in [0.15, 0.2) is 11.5 Å². The van der Waals surface area contributed by atoms with Gasteiger partial charge in [-0.3, -0.25) is 19.4 Å². The summed E-state index contributed by atoms with van der Waals surface area (Å²) in [7, 11) is 1.32. The molecule has 0 saturated heterocycles. The van der Waals surface area contributed by atoms with Gasteiger partial charge in [-0.25, -0.2) is 9.78 Å². The van der Waals surface area contributed by atoms with Crippen LogP contribution in [0.5, 0.6) is 11.5 Å². The van der Waals surface area contributed by atoms with Crippen LogP contribution in [-0.2, 0) is 24.1 Å². The molecule has 1 aromatic carbocycles. The van der Waals surface area contributed by atoms with Gasteiger partial charge in [-0.2, -0.15) is 0 Å². The molecule has 2 N–H and O–H groups in total. The number of ether oxygens (including phenoxy) is 3. The number of aromatic nitrogens is 3. The molecule has 0 unspecified atom stereocenters. The van der Waals surface area contributed by atoms with Crippen LogP contribution in [0.15, 0.2) is 53.5 Å². The van der Waals surface area contributed by atoms with Crippen molar-refractivity contribution in [1.82, 2.24) is 14.0 Å². The minimum atomic E-state index is -0.609. The Balaban J connectivity index is 1.38. The fourth-order valence-electron chi connectivity index (χ4n) is 5.58. The molecular weight excluding hydrogens is 558 g/mol. The van der Waals surface area contributed by atoms with Crippen LogP contribution >= 0.6 is 11.3 Å². The molecule has 1 aliphatic heterocycles. The SMILES string of the molecule is COC(=O)c1c(NC(=O)c2cc3c(=O)n4ccccc4nc3n(Cc3ccc4c(c3)OCO4)c2=N)sc2c1CCCC2. The Bertz CT molecular complexity index is 2060. The van der Waals surface area contributed by atoms with E-state index in [1.54, 1.807) is 36.5 Å². The zero-order valence-corrected chi connectivity index (χ0v) is 23.4. The van der Waals surface area contributed by atoms with Crippen molar-refractivity contribution in [2.45, 2.75) is 32.2 Å². The van der Waals surface area contributed by atoms with Crippen molar-refractivity contribution < 1.29 is 23.8 Å². The van der Waals surface area contributed by atoms with E-state index < -0.39 is 11.9 Å². The summed E-state index contributed by atoms with van der Waals surface area (Å²) < 4.78 is 18.9. The maximum Gasteiger partial charge on any atom is 0.341 e. The Labute approximate surface area is 242 Å². The second-order valence-electron chi connectivity index (χ2n) is 10.1. The van der Waals surface area contributed by atoms with Gasteiger partial charge in [0.1, 0.15) is 21.8 Å². The molecule has 11 nitrogen and oxygen atoms in total. The number of anilines is 1. The van der Waals surface area contributed by atoms with Crippen LogP contribution in [0.4, 0.5) is 5.00 Å². The molecule has 212 valence electrons. The zero-order chi connectivity index (χ0) is 29.0. The summed E-state index contributed by atoms with van der Waals surface area (Å²) >= 11 is 1.36. The van der Waals surface area contributed by atoms with Gasteiger partial charge >= 0.3 is 5.97 Å². The molecule has 42 heavy (non-hydrogen) atoms. The number of pyridine rings is 2. The predicted octanol–water partition coefficient (Wildman–Crippen LogP) is 3.88. The summed E-state index contributed by atoms with van der Waals surface area (Å²) in [5, 5.41) is 12.5. The standard InChI is InChI=1S/C30H25N5O6S/c1-39-30(38)24-17-6-2-3-7-22(17)42-28(24)33-27(36)18-13-19-26(32-23-8-4-5-11-34(23)29(19)37)35(25(18)31)14-16-9-10-20-21(12-16)41-15-40-20/h4-5,8-13,31H,2-3,6-7,14-15H2,1H3,(H,33,36). The third-order valence-corrected chi connectivity index (χ3v) is 8.84. The number of methoxy groups -OCH3 is 1. The molecule has 1 aliphatic carbocycles. The van der Waals surface area contributed by atoms with Crippen LogP contribution in [0, 0.1) is 5.41 Å². The third-order valence-electron chi connectivity index (χ3n) is 7.63. The minimum Gasteiger partial charge on any atom is -0.465 e. The summed E-state index contributed by atoms with van der Waals surface area (Å²) in [6, 6.07) is 12.0. The van der Waals surface area contributed by atoms with Gasteiger partial charge in [-0.05, 0) is 67.1 Å². The quantitative estimate of drug-likeness (QED) is 0.237. The molecule has 2 aliphatic rings. The summed E-state index contributed by atoms with van der Waals surface area (Å²) in [5.41, 5.74) is 2.19. The lowest BCUT2D eigenvalue weighted by molar-refractivity contribution is 0.0601. The highest BCUT2D eigenvalue weighted by molar-refractivity contribution is 7.17. The fourth-order valence-corrected chi connectivity index (χ4v) is 6.85. The van der Waals surface area contributed by atoms with E-state index in [0.717, 1.165) is 41.7 Å². The van der Waals surface area contributed by atoms with E-state index in [1.807, 2.05) is 6.07 Å². The number of carbonyl (C=O) groups excluding carboxylic acids is 2. The number of thiophene rings is 1. The Kier molecular flexibility index (Phi) is 6.27. The molecule has 0 radical (unpaired) electrons. The van der Waals surface area contributed by atoms with Gasteiger partial charge in [-0.1, -0.05) is 12.1 Å². The molecule has 7 rings (SSSR count). The average Bonchev–Trinajstić information content (AvgIpc) is 3.62. The van der Waals surface area contributed by atoms with E-state index >= 15 is 0 Å². The molecule has 1 amide bonds. The van der Waals surface area contributed by atoms with Gasteiger partial charge in [0.2, 0.25) is 6.79 Å². The van der Waals surface area contributed by atoms with Crippen molar-refractivity contribution in [2.75, 3.05) is 19.2 Å². The predicted molar refractivity (Wildman–Crippen MR) is 155 cm³/mol. The Hall–Kier alpha value is -4.97. The Morgan fingerprint density at radius 2 is 1.95 bits per heavy atom. The smallest absolute Gasteiger partial charge is 0.341 e. The monoisotopic (exact) mass is 583 g/mol. The molecular formula is C30H25N5O6S. The number of benzene rings is 1. The first-order valence-corrected chi connectivity index (χ1v) is 14.3. The molecule has 0 atom stereocenters. The molecule has 0 saturated carbocycles. The number of aryl methyl sites for hydroxylation is 1. The Morgan fingerprint density at radius 1 is 1.12 bits per heavy atom. The minimum absolute atomic E-state index is 0.0276. The summed E-state index contributed by atoms with van der Waals surface area (Å²) in [5.74, 6) is 0.0762. The molecule has 5 heterocycles. The maximum absolute atomic E-state index is 13.8. The molecule has 0 spiro atoms. The third kappa shape index (κ3) is 4.22. The van der Waals surface area contributed by atoms with Crippen molar-refractivity contribution in [1.29, 1.82) is 5.41 Å². The molecule has 5 aromatic rings. The average molecular weight is 584 g/mol. The van der Waals surface area contributed by atoms with Crippen molar-refractivity contribution in [3.8, 4) is 11.5 Å². The topological polar surface area (TPSA) is 137 Å². The van der Waals surface area contributed by atoms with Crippen molar-refractivity contribution in [2.24, 2.45) is 0 Å². The van der Waals surface area contributed by atoms with Gasteiger partial charge in [0.05, 0.1) is 30.2 Å². The molecule has 12 heteroatoms. The summed E-state index contributed by atoms with van der Waals surface area (Å²) in [4.78, 5) is 46.0. The lowest BCUT2D eigenvalue weighted by Gasteiger charge is -2.15. The first kappa shape index (κ1) is 26.0. The Morgan fingerprint density at radius 3 is 2.81 bits per heavy atom. The van der Waals surface area contributed by atoms with E-state index in [0.29, 0.717) is 27.7 Å². The number of nitrogens with zero attached hydrogens (tertiary/aromatic N) is 3. The van der Waals surface area contributed by atoms with Gasteiger partial charge < -0.3 is 24.1 Å². The van der Waals surface area contributed by atoms with Crippen LogP contribution in [0.1, 0.15) is 49.6 Å². The van der Waals surface area contributed by atoms with E-state index in [-0.39, 0.29) is 41.0 Å². The number of nitrogens with one attached hydrogen (secondary N) is 2. The van der Waals surface area contributed by atoms with E-state index in [1.165, 1.54) is 33.5 Å². The van der Waals surface area contributed by atoms with Crippen molar-refractivity contribution >= 4 is 44.9 Å². The van der Waals surface area contributed by atoms with Crippen molar-refractivity contribution in [3.05, 3.63) is 91.6 Å². The number of hydrogen-bond acceptors (Lipinski definition) is 9. The highest BCUT2D eigenvalue weighted by Crippen LogP contribution is 2.39. The first-order chi connectivity index (χ1) is 20.4. The second-order valence-corrected chi connectivity index (χ2v) is 11.2. The number of hydrogen-bond donors (Lipinski definition) is 2. The van der Waals surface area contributed by atoms with E-state index in [4.69, 9.17) is 24.6 Å². The highest BCUT2D eigenvalue weighted by Gasteiger charge is 2.28. The highest BCUT2D eigenvalue weighted by atomic mass is 32.1. The van der Waals surface area contributed by atoms with Gasteiger partial charge in [0, 0.05) is 11.1 Å². The van der Waals surface area contributed by atoms with E-state index in [9.17, 15) is 14.4 Å². The van der Waals surface area contributed by atoms with Crippen LogP contribution < -0.4 is 25.8 Å². The van der Waals surface area contributed by atoms with Gasteiger partial charge in [0.25, 0.3) is 11.5 Å². The summed E-state index contributed by atoms with van der Waals surface area (Å²) in [6.45, 7) is 0.265. The van der Waals surface area contributed by atoms with Crippen molar-refractivity contribution in [3.63, 3.8) is 0 Å². The van der Waals surface area contributed by atoms with Crippen LogP contribution in [0.25, 0.3) is 16.7 Å². The normalized spacial score (nSPS) is 13.7. The summed E-state index contributed by atoms with van der Waals surface area (Å²) in [6.07, 6.45) is 5.13. The van der Waals surface area contributed by atoms with Crippen LogP contribution in [0.2, 0.25) is 0 Å². The van der Waals surface area contributed by atoms with E-state index in [2.05, 4.69) is 5.32 Å². The molecule has 4 aromatic heterocycles. The van der Waals surface area contributed by atoms with Crippen LogP contribution in [0.3, 0.4) is 0 Å². The number of esters is 1. The fraction of sp³-hybridized carbons (Fsp3) is 0.233. The molecule has 0 bridgehead atoms. The zero-order valence-electron chi connectivity index (χ0n) is 22.6. The number of carbonyl (C=O) groups is 2. The number of amides is 1. The molecule has 0 fully saturated rings. The lowest BCUT2D eigenvalue weighted by atomic mass is 9.95. The first-order valence-electron chi connectivity index (χ1n) is 13.4. The van der Waals surface area contributed by atoms with Crippen LogP contribution in [-0.4, -0.2) is 39.7 Å². The lowest BCUT2D eigenvalue weighted by Crippen LogP contribution is -2.32. The largest absolute Gasteiger partial charge is 0.465 e. The number of rotatable bonds is 5. The van der Waals surface area contributed by atoms with Gasteiger partial charge in [-0.15, -0.1) is 11.3 Å². The number of fused-ring (bicyclic) bond motifs is 4. The maximum atomic E-state index is 13.8.